The van der Waals surface area contributed by atoms with Crippen LogP contribution in [0.4, 0.5) is 23.2 Å². The Hall–Kier alpha value is -1.83. The Kier molecular flexibility index (Phi) is 5.23. The number of benzene rings is 1. The van der Waals surface area contributed by atoms with Crippen LogP contribution in [0.3, 0.4) is 0 Å². The van der Waals surface area contributed by atoms with Gasteiger partial charge in [-0.15, -0.1) is 0 Å². The van der Waals surface area contributed by atoms with E-state index in [2.05, 4.69) is 15.4 Å². The molecule has 0 spiro atoms. The van der Waals surface area contributed by atoms with Crippen molar-refractivity contribution in [2.45, 2.75) is 19.0 Å². The van der Waals surface area contributed by atoms with Gasteiger partial charge in [0.15, 0.2) is 6.61 Å². The predicted molar refractivity (Wildman–Crippen MR) is 72.2 cm³/mol. The zero-order valence-corrected chi connectivity index (χ0v) is 11.7. The number of piperidine rings is 1. The molecule has 1 aliphatic rings. The minimum Gasteiger partial charge on any atom is -0.482 e. The van der Waals surface area contributed by atoms with Gasteiger partial charge in [-0.2, -0.15) is 13.2 Å². The lowest BCUT2D eigenvalue weighted by Gasteiger charge is -2.22. The van der Waals surface area contributed by atoms with Gasteiger partial charge in [-0.1, -0.05) is 0 Å². The van der Waals surface area contributed by atoms with E-state index in [-0.39, 0.29) is 23.3 Å². The highest BCUT2D eigenvalue weighted by molar-refractivity contribution is 5.94. The van der Waals surface area contributed by atoms with Crippen LogP contribution in [0.1, 0.15) is 12.8 Å². The Morgan fingerprint density at radius 2 is 2.00 bits per heavy atom. The molecule has 0 unspecified atom stereocenters. The van der Waals surface area contributed by atoms with E-state index >= 15 is 0 Å². The summed E-state index contributed by atoms with van der Waals surface area (Å²) in [6.45, 7) is -0.119. The summed E-state index contributed by atoms with van der Waals surface area (Å²) in [5.74, 6) is -1.47. The van der Waals surface area contributed by atoms with Gasteiger partial charge in [0.05, 0.1) is 5.69 Å². The molecule has 2 N–H and O–H groups in total. The number of hydrogen-bond acceptors (Lipinski definition) is 3. The molecule has 0 radical (unpaired) electrons. The van der Waals surface area contributed by atoms with Gasteiger partial charge >= 0.3 is 6.18 Å². The molecule has 4 nitrogen and oxygen atoms in total. The van der Waals surface area contributed by atoms with E-state index in [1.165, 1.54) is 0 Å². The normalized spacial score (nSPS) is 16.4. The molecule has 0 atom stereocenters. The highest BCUT2D eigenvalue weighted by Crippen LogP contribution is 2.28. The summed E-state index contributed by atoms with van der Waals surface area (Å²) in [5.41, 5.74) is -0.0900. The van der Waals surface area contributed by atoms with Crippen LogP contribution >= 0.6 is 0 Å². The molecule has 22 heavy (non-hydrogen) atoms. The maximum absolute atomic E-state index is 13.3. The Balaban J connectivity index is 2.07. The topological polar surface area (TPSA) is 50.4 Å². The van der Waals surface area contributed by atoms with Crippen molar-refractivity contribution in [1.29, 1.82) is 0 Å². The molecular weight excluding hydrogens is 304 g/mol. The van der Waals surface area contributed by atoms with Gasteiger partial charge in [0.2, 0.25) is 5.91 Å². The molecule has 1 heterocycles. The largest absolute Gasteiger partial charge is 0.482 e. The van der Waals surface area contributed by atoms with Crippen molar-refractivity contribution in [2.75, 3.05) is 25.0 Å². The second-order valence-corrected chi connectivity index (χ2v) is 5.06. The van der Waals surface area contributed by atoms with Gasteiger partial charge in [0, 0.05) is 12.0 Å². The number of amides is 1. The van der Waals surface area contributed by atoms with Crippen molar-refractivity contribution < 1.29 is 27.1 Å². The summed E-state index contributed by atoms with van der Waals surface area (Å²) in [6, 6.07) is 3.00. The number of carbonyl (C=O) groups is 1. The number of nitrogens with one attached hydrogen (secondary N) is 2. The first-order chi connectivity index (χ1) is 10.3. The lowest BCUT2D eigenvalue weighted by atomic mass is 9.97. The van der Waals surface area contributed by atoms with Crippen LogP contribution in [0.5, 0.6) is 5.75 Å². The van der Waals surface area contributed by atoms with Crippen LogP contribution in [0.25, 0.3) is 0 Å². The Morgan fingerprint density at radius 1 is 1.32 bits per heavy atom. The summed E-state index contributed by atoms with van der Waals surface area (Å²) in [7, 11) is 0. The second kappa shape index (κ2) is 6.95. The zero-order valence-electron chi connectivity index (χ0n) is 11.7. The predicted octanol–water partition coefficient (Wildman–Crippen LogP) is 2.70. The van der Waals surface area contributed by atoms with Crippen molar-refractivity contribution in [3.8, 4) is 5.75 Å². The first-order valence-electron chi connectivity index (χ1n) is 6.86. The van der Waals surface area contributed by atoms with Crippen molar-refractivity contribution in [1.82, 2.24) is 5.32 Å². The summed E-state index contributed by atoms with van der Waals surface area (Å²) < 4.78 is 54.5. The van der Waals surface area contributed by atoms with Crippen LogP contribution < -0.4 is 15.4 Å². The van der Waals surface area contributed by atoms with E-state index < -0.39 is 18.6 Å². The minimum atomic E-state index is -4.51. The maximum Gasteiger partial charge on any atom is 0.422 e. The van der Waals surface area contributed by atoms with E-state index in [4.69, 9.17) is 0 Å². The molecule has 122 valence electrons. The standard InChI is InChI=1S/C14H16F4N2O2/c15-10-1-2-12(22-8-14(16,17)18)11(7-10)20-13(21)9-3-5-19-6-4-9/h1-2,7,9,19H,3-6,8H2,(H,20,21). The highest BCUT2D eigenvalue weighted by atomic mass is 19.4. The van der Waals surface area contributed by atoms with Crippen LogP contribution in [-0.4, -0.2) is 31.8 Å². The smallest absolute Gasteiger partial charge is 0.422 e. The lowest BCUT2D eigenvalue weighted by molar-refractivity contribution is -0.153. The lowest BCUT2D eigenvalue weighted by Crippen LogP contribution is -2.34. The minimum absolute atomic E-state index is 0.0900. The molecule has 0 bridgehead atoms. The molecule has 1 aromatic rings. The zero-order chi connectivity index (χ0) is 16.2. The van der Waals surface area contributed by atoms with E-state index in [1.807, 2.05) is 0 Å². The number of halogens is 4. The third kappa shape index (κ3) is 4.87. The van der Waals surface area contributed by atoms with Crippen molar-refractivity contribution >= 4 is 11.6 Å². The number of ether oxygens (including phenoxy) is 1. The van der Waals surface area contributed by atoms with Crippen LogP contribution in [0.2, 0.25) is 0 Å². The van der Waals surface area contributed by atoms with Crippen LogP contribution in [0.15, 0.2) is 18.2 Å². The van der Waals surface area contributed by atoms with Crippen LogP contribution in [-0.2, 0) is 4.79 Å². The van der Waals surface area contributed by atoms with Gasteiger partial charge in [-0.05, 0) is 38.1 Å². The van der Waals surface area contributed by atoms with Crippen molar-refractivity contribution in [3.63, 3.8) is 0 Å². The van der Waals surface area contributed by atoms with Crippen LogP contribution in [0, 0.1) is 11.7 Å². The van der Waals surface area contributed by atoms with Gasteiger partial charge in [-0.3, -0.25) is 4.79 Å². The average Bonchev–Trinajstić information content (AvgIpc) is 2.46. The monoisotopic (exact) mass is 320 g/mol. The average molecular weight is 320 g/mol. The molecular formula is C14H16F4N2O2. The van der Waals surface area contributed by atoms with E-state index in [0.29, 0.717) is 25.9 Å². The molecule has 1 fully saturated rings. The fraction of sp³-hybridized carbons (Fsp3) is 0.500. The Labute approximate surface area is 124 Å². The van der Waals surface area contributed by atoms with Crippen molar-refractivity contribution in [2.24, 2.45) is 5.92 Å². The SMILES string of the molecule is O=C(Nc1cc(F)ccc1OCC(F)(F)F)C1CCNCC1. The number of rotatable bonds is 4. The molecule has 1 aliphatic heterocycles. The number of alkyl halides is 3. The van der Waals surface area contributed by atoms with Gasteiger partial charge in [0.25, 0.3) is 0 Å². The maximum atomic E-state index is 13.3. The Morgan fingerprint density at radius 3 is 2.64 bits per heavy atom. The van der Waals surface area contributed by atoms with E-state index in [0.717, 1.165) is 18.2 Å². The third-order valence-corrected chi connectivity index (χ3v) is 3.30. The molecule has 0 saturated carbocycles. The second-order valence-electron chi connectivity index (χ2n) is 5.06. The number of anilines is 1. The summed E-state index contributed by atoms with van der Waals surface area (Å²) >= 11 is 0. The van der Waals surface area contributed by atoms with E-state index in [1.54, 1.807) is 0 Å². The molecule has 1 amide bonds. The molecule has 8 heteroatoms. The quantitative estimate of drug-likeness (QED) is 0.839. The fourth-order valence-electron chi connectivity index (χ4n) is 2.20. The summed E-state index contributed by atoms with van der Waals surface area (Å²) in [6.07, 6.45) is -3.26. The van der Waals surface area contributed by atoms with Gasteiger partial charge < -0.3 is 15.4 Å². The van der Waals surface area contributed by atoms with Gasteiger partial charge in [-0.25, -0.2) is 4.39 Å². The summed E-state index contributed by atoms with van der Waals surface area (Å²) in [5, 5.41) is 5.56. The Bertz CT molecular complexity index is 528. The molecule has 0 aliphatic carbocycles. The first kappa shape index (κ1) is 16.5. The molecule has 1 aromatic carbocycles. The number of hydrogen-bond donors (Lipinski definition) is 2. The first-order valence-corrected chi connectivity index (χ1v) is 6.86. The van der Waals surface area contributed by atoms with Gasteiger partial charge in [0.1, 0.15) is 11.6 Å². The molecule has 2 rings (SSSR count). The highest BCUT2D eigenvalue weighted by Gasteiger charge is 2.29. The molecule has 1 saturated heterocycles. The summed E-state index contributed by atoms with van der Waals surface area (Å²) in [4.78, 5) is 12.1. The fourth-order valence-corrected chi connectivity index (χ4v) is 2.20. The number of carbonyl (C=O) groups excluding carboxylic acids is 1. The van der Waals surface area contributed by atoms with Crippen molar-refractivity contribution in [3.05, 3.63) is 24.0 Å². The van der Waals surface area contributed by atoms with E-state index in [9.17, 15) is 22.4 Å². The molecule has 0 aromatic heterocycles. The third-order valence-electron chi connectivity index (χ3n) is 3.30.